The molecule has 0 saturated carbocycles. The van der Waals surface area contributed by atoms with Gasteiger partial charge in [0.2, 0.25) is 0 Å². The molecule has 0 aliphatic carbocycles. The molecule has 1 heterocycles. The summed E-state index contributed by atoms with van der Waals surface area (Å²) in [6.07, 6.45) is 0.839. The highest BCUT2D eigenvalue weighted by atomic mass is 14.9. The number of rotatable bonds is 1. The van der Waals surface area contributed by atoms with Crippen LogP contribution in [0, 0.1) is 13.8 Å². The van der Waals surface area contributed by atoms with E-state index in [9.17, 15) is 0 Å². The molecule has 0 spiro atoms. The van der Waals surface area contributed by atoms with E-state index in [0.717, 1.165) is 23.5 Å². The molecule has 3 nitrogen and oxygen atoms in total. The van der Waals surface area contributed by atoms with Crippen LogP contribution in [0.2, 0.25) is 0 Å². The summed E-state index contributed by atoms with van der Waals surface area (Å²) in [6.45, 7) is 5.90. The lowest BCUT2D eigenvalue weighted by atomic mass is 10.2. The Morgan fingerprint density at radius 1 is 1.27 bits per heavy atom. The lowest BCUT2D eigenvalue weighted by Gasteiger charge is -2.04. The largest absolute Gasteiger partial charge is 0.383 e. The Kier molecular flexibility index (Phi) is 2.08. The first-order valence-electron chi connectivity index (χ1n) is 3.74. The average molecular weight is 151 g/mol. The highest BCUT2D eigenvalue weighted by Gasteiger charge is 2.02. The standard InChI is InChI=1S/C8H13N3/c1-4-7-10-6(3)5(2)8(9)11-7/h4H2,1-3H3,(H2,9,10,11). The average Bonchev–Trinajstić information content (AvgIpc) is 1.99. The minimum atomic E-state index is 0.606. The maximum atomic E-state index is 5.65. The van der Waals surface area contributed by atoms with Crippen LogP contribution in [0.4, 0.5) is 5.82 Å². The van der Waals surface area contributed by atoms with Crippen molar-refractivity contribution in [3.8, 4) is 0 Å². The fourth-order valence-corrected chi connectivity index (χ4v) is 0.869. The highest BCUT2D eigenvalue weighted by molar-refractivity contribution is 5.40. The molecule has 2 N–H and O–H groups in total. The van der Waals surface area contributed by atoms with Crippen molar-refractivity contribution in [2.75, 3.05) is 5.73 Å². The van der Waals surface area contributed by atoms with E-state index in [-0.39, 0.29) is 0 Å². The molecular weight excluding hydrogens is 138 g/mol. The molecule has 0 fully saturated rings. The van der Waals surface area contributed by atoms with E-state index in [4.69, 9.17) is 5.73 Å². The molecule has 0 bridgehead atoms. The molecule has 0 atom stereocenters. The number of nitrogens with two attached hydrogens (primary N) is 1. The van der Waals surface area contributed by atoms with Gasteiger partial charge in [0.1, 0.15) is 11.6 Å². The van der Waals surface area contributed by atoms with Crippen LogP contribution in [0.5, 0.6) is 0 Å². The SMILES string of the molecule is CCc1nc(C)c(C)c(N)n1. The maximum absolute atomic E-state index is 5.65. The molecule has 0 aromatic carbocycles. The second-order valence-electron chi connectivity index (χ2n) is 2.59. The molecular formula is C8H13N3. The number of anilines is 1. The van der Waals surface area contributed by atoms with Gasteiger partial charge in [-0.2, -0.15) is 0 Å². The van der Waals surface area contributed by atoms with Gasteiger partial charge in [0.15, 0.2) is 0 Å². The number of aromatic nitrogens is 2. The normalized spacial score (nSPS) is 10.1. The fourth-order valence-electron chi connectivity index (χ4n) is 0.869. The number of nitrogen functional groups attached to an aromatic ring is 1. The fraction of sp³-hybridized carbons (Fsp3) is 0.500. The van der Waals surface area contributed by atoms with Crippen molar-refractivity contribution in [1.29, 1.82) is 0 Å². The van der Waals surface area contributed by atoms with Gasteiger partial charge in [-0.25, -0.2) is 9.97 Å². The van der Waals surface area contributed by atoms with Gasteiger partial charge in [-0.05, 0) is 13.8 Å². The monoisotopic (exact) mass is 151 g/mol. The predicted octanol–water partition coefficient (Wildman–Crippen LogP) is 1.24. The first-order chi connectivity index (χ1) is 5.15. The Bertz CT molecular complexity index is 245. The molecule has 1 rings (SSSR count). The second kappa shape index (κ2) is 2.86. The third-order valence-electron chi connectivity index (χ3n) is 1.79. The van der Waals surface area contributed by atoms with E-state index in [0.29, 0.717) is 5.82 Å². The van der Waals surface area contributed by atoms with Crippen LogP contribution in [0.3, 0.4) is 0 Å². The third-order valence-corrected chi connectivity index (χ3v) is 1.79. The summed E-state index contributed by atoms with van der Waals surface area (Å²) in [7, 11) is 0. The Morgan fingerprint density at radius 2 is 1.91 bits per heavy atom. The van der Waals surface area contributed by atoms with Gasteiger partial charge in [0.05, 0.1) is 0 Å². The minimum Gasteiger partial charge on any atom is -0.383 e. The molecule has 0 unspecified atom stereocenters. The Balaban J connectivity index is 3.21. The van der Waals surface area contributed by atoms with Crippen LogP contribution in [0.25, 0.3) is 0 Å². The number of hydrogen-bond acceptors (Lipinski definition) is 3. The van der Waals surface area contributed by atoms with Gasteiger partial charge >= 0.3 is 0 Å². The van der Waals surface area contributed by atoms with Crippen molar-refractivity contribution in [3.05, 3.63) is 17.1 Å². The summed E-state index contributed by atoms with van der Waals surface area (Å²) in [5, 5.41) is 0. The van der Waals surface area contributed by atoms with Crippen LogP contribution >= 0.6 is 0 Å². The first kappa shape index (κ1) is 7.98. The molecule has 11 heavy (non-hydrogen) atoms. The van der Waals surface area contributed by atoms with E-state index >= 15 is 0 Å². The quantitative estimate of drug-likeness (QED) is 0.657. The van der Waals surface area contributed by atoms with Crippen molar-refractivity contribution in [2.45, 2.75) is 27.2 Å². The second-order valence-corrected chi connectivity index (χ2v) is 2.59. The summed E-state index contributed by atoms with van der Waals surface area (Å²) in [4.78, 5) is 8.38. The number of hydrogen-bond donors (Lipinski definition) is 1. The van der Waals surface area contributed by atoms with Gasteiger partial charge in [0, 0.05) is 17.7 Å². The molecule has 1 aromatic heterocycles. The molecule has 1 aromatic rings. The van der Waals surface area contributed by atoms with Crippen molar-refractivity contribution in [2.24, 2.45) is 0 Å². The van der Waals surface area contributed by atoms with Crippen LogP contribution < -0.4 is 5.73 Å². The van der Waals surface area contributed by atoms with Crippen LogP contribution in [0.1, 0.15) is 24.0 Å². The number of nitrogens with zero attached hydrogens (tertiary/aromatic N) is 2. The van der Waals surface area contributed by atoms with E-state index in [2.05, 4.69) is 9.97 Å². The Hall–Kier alpha value is -1.12. The minimum absolute atomic E-state index is 0.606. The van der Waals surface area contributed by atoms with Crippen LogP contribution in [-0.2, 0) is 6.42 Å². The molecule has 3 heteroatoms. The molecule has 0 aliphatic rings. The Morgan fingerprint density at radius 3 is 2.36 bits per heavy atom. The topological polar surface area (TPSA) is 51.8 Å². The first-order valence-corrected chi connectivity index (χ1v) is 3.74. The van der Waals surface area contributed by atoms with Gasteiger partial charge in [-0.1, -0.05) is 6.92 Å². The summed E-state index contributed by atoms with van der Waals surface area (Å²) in [5.41, 5.74) is 7.61. The van der Waals surface area contributed by atoms with Crippen molar-refractivity contribution in [1.82, 2.24) is 9.97 Å². The molecule has 0 radical (unpaired) electrons. The zero-order valence-electron chi connectivity index (χ0n) is 7.18. The summed E-state index contributed by atoms with van der Waals surface area (Å²) in [6, 6.07) is 0. The van der Waals surface area contributed by atoms with E-state index < -0.39 is 0 Å². The third kappa shape index (κ3) is 1.48. The zero-order chi connectivity index (χ0) is 8.43. The summed E-state index contributed by atoms with van der Waals surface area (Å²) < 4.78 is 0. The maximum Gasteiger partial charge on any atom is 0.130 e. The summed E-state index contributed by atoms with van der Waals surface area (Å²) in [5.74, 6) is 1.43. The van der Waals surface area contributed by atoms with E-state index in [1.54, 1.807) is 0 Å². The predicted molar refractivity (Wildman–Crippen MR) is 45.3 cm³/mol. The molecule has 0 amide bonds. The van der Waals surface area contributed by atoms with Crippen LogP contribution in [-0.4, -0.2) is 9.97 Å². The molecule has 60 valence electrons. The van der Waals surface area contributed by atoms with Crippen molar-refractivity contribution >= 4 is 5.82 Å². The lowest BCUT2D eigenvalue weighted by Crippen LogP contribution is -2.03. The van der Waals surface area contributed by atoms with Gasteiger partial charge in [0.25, 0.3) is 0 Å². The van der Waals surface area contributed by atoms with Gasteiger partial charge < -0.3 is 5.73 Å². The van der Waals surface area contributed by atoms with E-state index in [1.165, 1.54) is 0 Å². The summed E-state index contributed by atoms with van der Waals surface area (Å²) >= 11 is 0. The van der Waals surface area contributed by atoms with Gasteiger partial charge in [-0.15, -0.1) is 0 Å². The lowest BCUT2D eigenvalue weighted by molar-refractivity contribution is 0.911. The highest BCUT2D eigenvalue weighted by Crippen LogP contribution is 2.10. The molecule has 0 saturated heterocycles. The van der Waals surface area contributed by atoms with Gasteiger partial charge in [-0.3, -0.25) is 0 Å². The Labute approximate surface area is 66.7 Å². The zero-order valence-corrected chi connectivity index (χ0v) is 7.18. The smallest absolute Gasteiger partial charge is 0.130 e. The molecule has 0 aliphatic heterocycles. The van der Waals surface area contributed by atoms with E-state index in [1.807, 2.05) is 20.8 Å². The van der Waals surface area contributed by atoms with Crippen molar-refractivity contribution in [3.63, 3.8) is 0 Å². The van der Waals surface area contributed by atoms with Crippen molar-refractivity contribution < 1.29 is 0 Å². The number of aryl methyl sites for hydroxylation is 2. The van der Waals surface area contributed by atoms with Crippen LogP contribution in [0.15, 0.2) is 0 Å².